The van der Waals surface area contributed by atoms with E-state index >= 15 is 0 Å². The predicted octanol–water partition coefficient (Wildman–Crippen LogP) is 4.94. The Labute approximate surface area is 112 Å². The molecular formula is C17H28O. The number of hydrogen-bond acceptors (Lipinski definition) is 1. The third-order valence-electron chi connectivity index (χ3n) is 4.11. The molecule has 102 valence electrons. The van der Waals surface area contributed by atoms with Gasteiger partial charge >= 0.3 is 0 Å². The van der Waals surface area contributed by atoms with E-state index in [2.05, 4.69) is 39.8 Å². The molecule has 0 saturated carbocycles. The summed E-state index contributed by atoms with van der Waals surface area (Å²) in [4.78, 5) is 0. The maximum atomic E-state index is 10.4. The molecule has 2 unspecified atom stereocenters. The molecule has 18 heavy (non-hydrogen) atoms. The van der Waals surface area contributed by atoms with Gasteiger partial charge in [0.2, 0.25) is 0 Å². The van der Waals surface area contributed by atoms with Crippen LogP contribution in [0.15, 0.2) is 18.2 Å². The molecule has 1 rings (SSSR count). The van der Waals surface area contributed by atoms with Crippen LogP contribution in [0.25, 0.3) is 0 Å². The Balaban J connectivity index is 2.68. The van der Waals surface area contributed by atoms with E-state index in [0.29, 0.717) is 5.92 Å². The number of aryl methyl sites for hydroxylation is 1. The number of hydrogen-bond donors (Lipinski definition) is 1. The van der Waals surface area contributed by atoms with Crippen LogP contribution in [0, 0.1) is 19.8 Å². The summed E-state index contributed by atoms with van der Waals surface area (Å²) in [5.74, 6) is 0.653. The molecular weight excluding hydrogens is 220 g/mol. The van der Waals surface area contributed by atoms with Gasteiger partial charge in [0, 0.05) is 0 Å². The Morgan fingerprint density at radius 1 is 1.17 bits per heavy atom. The zero-order valence-electron chi connectivity index (χ0n) is 12.4. The minimum Gasteiger partial charge on any atom is -0.388 e. The minimum atomic E-state index is -0.299. The van der Waals surface area contributed by atoms with Gasteiger partial charge in [-0.2, -0.15) is 0 Å². The summed E-state index contributed by atoms with van der Waals surface area (Å²) in [6.07, 6.45) is 5.54. The predicted molar refractivity (Wildman–Crippen MR) is 78.8 cm³/mol. The topological polar surface area (TPSA) is 20.2 Å². The van der Waals surface area contributed by atoms with Gasteiger partial charge in [-0.15, -0.1) is 0 Å². The van der Waals surface area contributed by atoms with Crippen molar-refractivity contribution >= 4 is 0 Å². The fraction of sp³-hybridized carbons (Fsp3) is 0.647. The van der Waals surface area contributed by atoms with Crippen molar-refractivity contribution in [1.82, 2.24) is 0 Å². The lowest BCUT2D eigenvalue weighted by molar-refractivity contribution is 0.138. The smallest absolute Gasteiger partial charge is 0.0795 e. The molecule has 0 saturated heterocycles. The lowest BCUT2D eigenvalue weighted by Crippen LogP contribution is -2.08. The summed E-state index contributed by atoms with van der Waals surface area (Å²) in [5, 5.41) is 10.4. The third kappa shape index (κ3) is 4.13. The summed E-state index contributed by atoms with van der Waals surface area (Å²) >= 11 is 0. The van der Waals surface area contributed by atoms with Crippen molar-refractivity contribution in [2.24, 2.45) is 5.92 Å². The SMILES string of the molecule is CCCCC(CC)CC(O)c1cccc(C)c1C. The summed E-state index contributed by atoms with van der Waals surface area (Å²) in [6, 6.07) is 6.23. The van der Waals surface area contributed by atoms with Crippen LogP contribution in [-0.2, 0) is 0 Å². The highest BCUT2D eigenvalue weighted by Crippen LogP contribution is 2.29. The third-order valence-corrected chi connectivity index (χ3v) is 4.11. The van der Waals surface area contributed by atoms with E-state index in [-0.39, 0.29) is 6.10 Å². The van der Waals surface area contributed by atoms with E-state index in [9.17, 15) is 5.11 Å². The van der Waals surface area contributed by atoms with Crippen LogP contribution in [-0.4, -0.2) is 5.11 Å². The Kier molecular flexibility index (Phi) is 6.42. The number of benzene rings is 1. The second-order valence-electron chi connectivity index (χ2n) is 5.46. The van der Waals surface area contributed by atoms with Crippen molar-refractivity contribution in [1.29, 1.82) is 0 Å². The zero-order valence-corrected chi connectivity index (χ0v) is 12.4. The van der Waals surface area contributed by atoms with Gasteiger partial charge in [-0.3, -0.25) is 0 Å². The van der Waals surface area contributed by atoms with Gasteiger partial charge in [0.05, 0.1) is 6.10 Å². The van der Waals surface area contributed by atoms with Gasteiger partial charge in [0.25, 0.3) is 0 Å². The van der Waals surface area contributed by atoms with E-state index in [1.54, 1.807) is 0 Å². The highest BCUT2D eigenvalue weighted by Gasteiger charge is 2.16. The number of rotatable bonds is 7. The molecule has 1 heteroatoms. The van der Waals surface area contributed by atoms with Gasteiger partial charge in [0.1, 0.15) is 0 Å². The van der Waals surface area contributed by atoms with Gasteiger partial charge in [-0.05, 0) is 42.9 Å². The van der Waals surface area contributed by atoms with E-state index in [4.69, 9.17) is 0 Å². The molecule has 0 aromatic heterocycles. The van der Waals surface area contributed by atoms with Crippen molar-refractivity contribution in [3.8, 4) is 0 Å². The quantitative estimate of drug-likeness (QED) is 0.724. The Bertz CT molecular complexity index is 357. The average molecular weight is 248 g/mol. The highest BCUT2D eigenvalue weighted by atomic mass is 16.3. The van der Waals surface area contributed by atoms with Crippen molar-refractivity contribution in [3.05, 3.63) is 34.9 Å². The number of aliphatic hydroxyl groups excluding tert-OH is 1. The second kappa shape index (κ2) is 7.58. The fourth-order valence-electron chi connectivity index (χ4n) is 2.56. The highest BCUT2D eigenvalue weighted by molar-refractivity contribution is 5.34. The standard InChI is InChI=1S/C17H28O/c1-5-7-10-15(6-2)12-17(18)16-11-8-9-13(3)14(16)4/h8-9,11,15,17-18H,5-7,10,12H2,1-4H3. The Hall–Kier alpha value is -0.820. The van der Waals surface area contributed by atoms with Crippen LogP contribution < -0.4 is 0 Å². The van der Waals surface area contributed by atoms with Crippen LogP contribution in [0.1, 0.15) is 68.7 Å². The zero-order chi connectivity index (χ0) is 13.5. The first-order chi connectivity index (χ1) is 8.60. The molecule has 0 aliphatic heterocycles. The average Bonchev–Trinajstić information content (AvgIpc) is 2.37. The fourth-order valence-corrected chi connectivity index (χ4v) is 2.56. The minimum absolute atomic E-state index is 0.299. The lowest BCUT2D eigenvalue weighted by Gasteiger charge is -2.21. The molecule has 0 heterocycles. The van der Waals surface area contributed by atoms with Crippen LogP contribution >= 0.6 is 0 Å². The molecule has 0 fully saturated rings. The molecule has 1 N–H and O–H groups in total. The number of aliphatic hydroxyl groups is 1. The first-order valence-corrected chi connectivity index (χ1v) is 7.34. The molecule has 0 spiro atoms. The van der Waals surface area contributed by atoms with E-state index < -0.39 is 0 Å². The number of unbranched alkanes of at least 4 members (excludes halogenated alkanes) is 1. The van der Waals surface area contributed by atoms with Crippen molar-refractivity contribution in [3.63, 3.8) is 0 Å². The van der Waals surface area contributed by atoms with Gasteiger partial charge in [-0.25, -0.2) is 0 Å². The van der Waals surface area contributed by atoms with Gasteiger partial charge in [0.15, 0.2) is 0 Å². The largest absolute Gasteiger partial charge is 0.388 e. The molecule has 1 nitrogen and oxygen atoms in total. The van der Waals surface area contributed by atoms with Crippen molar-refractivity contribution < 1.29 is 5.11 Å². The molecule has 1 aromatic rings. The molecule has 0 bridgehead atoms. The second-order valence-corrected chi connectivity index (χ2v) is 5.46. The van der Waals surface area contributed by atoms with E-state index in [1.807, 2.05) is 6.07 Å². The summed E-state index contributed by atoms with van der Waals surface area (Å²) in [7, 11) is 0. The Morgan fingerprint density at radius 2 is 1.89 bits per heavy atom. The lowest BCUT2D eigenvalue weighted by atomic mass is 9.88. The van der Waals surface area contributed by atoms with Gasteiger partial charge in [-0.1, -0.05) is 57.7 Å². The van der Waals surface area contributed by atoms with Crippen LogP contribution in [0.5, 0.6) is 0 Å². The van der Waals surface area contributed by atoms with Gasteiger partial charge < -0.3 is 5.11 Å². The molecule has 0 radical (unpaired) electrons. The van der Waals surface area contributed by atoms with E-state index in [1.165, 1.54) is 36.8 Å². The first kappa shape index (κ1) is 15.2. The van der Waals surface area contributed by atoms with Crippen LogP contribution in [0.3, 0.4) is 0 Å². The van der Waals surface area contributed by atoms with Crippen LogP contribution in [0.2, 0.25) is 0 Å². The molecule has 0 aliphatic rings. The maximum absolute atomic E-state index is 10.4. The van der Waals surface area contributed by atoms with Crippen molar-refractivity contribution in [2.75, 3.05) is 0 Å². The molecule has 0 amide bonds. The maximum Gasteiger partial charge on any atom is 0.0795 e. The van der Waals surface area contributed by atoms with E-state index in [0.717, 1.165) is 12.0 Å². The molecule has 2 atom stereocenters. The molecule has 1 aromatic carbocycles. The normalized spacial score (nSPS) is 14.5. The first-order valence-electron chi connectivity index (χ1n) is 7.34. The monoisotopic (exact) mass is 248 g/mol. The van der Waals surface area contributed by atoms with Crippen molar-refractivity contribution in [2.45, 2.75) is 65.9 Å². The summed E-state index contributed by atoms with van der Waals surface area (Å²) in [6.45, 7) is 8.69. The molecule has 0 aliphatic carbocycles. The summed E-state index contributed by atoms with van der Waals surface area (Å²) < 4.78 is 0. The summed E-state index contributed by atoms with van der Waals surface area (Å²) in [5.41, 5.74) is 3.63. The Morgan fingerprint density at radius 3 is 2.50 bits per heavy atom. The van der Waals surface area contributed by atoms with Crippen LogP contribution in [0.4, 0.5) is 0 Å².